The number of aryl methyl sites for hydroxylation is 1. The van der Waals surface area contributed by atoms with Crippen LogP contribution in [0.5, 0.6) is 0 Å². The van der Waals surface area contributed by atoms with E-state index in [0.29, 0.717) is 0 Å². The van der Waals surface area contributed by atoms with Crippen molar-refractivity contribution in [2.45, 2.75) is 57.9 Å². The van der Waals surface area contributed by atoms with Crippen LogP contribution < -0.4 is 11.1 Å². The van der Waals surface area contributed by atoms with Gasteiger partial charge in [-0.25, -0.2) is 0 Å². The van der Waals surface area contributed by atoms with Gasteiger partial charge in [-0.15, -0.1) is 0 Å². The summed E-state index contributed by atoms with van der Waals surface area (Å²) in [5.74, 6) is -0.427. The molecular weight excluding hydrogens is 339 g/mol. The SMILES string of the molecule is CCCCCCCCc1ccccc1NC(=O)[C@H](N)COP(C)(=O)O. The first kappa shape index (κ1) is 21.8. The van der Waals surface area contributed by atoms with E-state index in [1.165, 1.54) is 32.1 Å². The Morgan fingerprint density at radius 1 is 1.24 bits per heavy atom. The molecular formula is C18H31N2O4P. The van der Waals surface area contributed by atoms with Crippen molar-refractivity contribution in [1.82, 2.24) is 0 Å². The van der Waals surface area contributed by atoms with Gasteiger partial charge in [0.1, 0.15) is 6.04 Å². The zero-order valence-electron chi connectivity index (χ0n) is 15.2. The van der Waals surface area contributed by atoms with Gasteiger partial charge in [-0.1, -0.05) is 57.2 Å². The van der Waals surface area contributed by atoms with E-state index in [2.05, 4.69) is 12.2 Å². The van der Waals surface area contributed by atoms with Crippen molar-refractivity contribution in [3.63, 3.8) is 0 Å². The third-order valence-corrected chi connectivity index (χ3v) is 4.53. The Hall–Kier alpha value is -1.20. The van der Waals surface area contributed by atoms with Crippen LogP contribution in [0.4, 0.5) is 5.69 Å². The molecule has 1 amide bonds. The molecule has 0 saturated carbocycles. The third-order valence-electron chi connectivity index (χ3n) is 3.91. The first-order chi connectivity index (χ1) is 11.8. The fraction of sp³-hybridized carbons (Fsp3) is 0.611. The quantitative estimate of drug-likeness (QED) is 0.385. The molecule has 0 radical (unpaired) electrons. The maximum atomic E-state index is 12.1. The molecule has 1 rings (SSSR count). The van der Waals surface area contributed by atoms with E-state index < -0.39 is 19.5 Å². The number of unbranched alkanes of at least 4 members (excludes halogenated alkanes) is 5. The van der Waals surface area contributed by atoms with Crippen LogP contribution in [0.15, 0.2) is 24.3 Å². The fourth-order valence-electron chi connectivity index (χ4n) is 2.48. The Morgan fingerprint density at radius 3 is 2.56 bits per heavy atom. The topological polar surface area (TPSA) is 102 Å². The van der Waals surface area contributed by atoms with E-state index in [9.17, 15) is 9.36 Å². The number of rotatable bonds is 12. The molecule has 1 unspecified atom stereocenters. The van der Waals surface area contributed by atoms with E-state index in [-0.39, 0.29) is 6.61 Å². The predicted octanol–water partition coefficient (Wildman–Crippen LogP) is 3.69. The minimum absolute atomic E-state index is 0.296. The van der Waals surface area contributed by atoms with Gasteiger partial charge in [0.25, 0.3) is 0 Å². The molecule has 0 aliphatic heterocycles. The second-order valence-electron chi connectivity index (χ2n) is 6.37. The summed E-state index contributed by atoms with van der Waals surface area (Å²) >= 11 is 0. The molecule has 0 heterocycles. The average Bonchev–Trinajstić information content (AvgIpc) is 2.56. The monoisotopic (exact) mass is 370 g/mol. The normalized spacial score (nSPS) is 14.7. The molecule has 1 aromatic rings. The molecule has 1 aromatic carbocycles. The lowest BCUT2D eigenvalue weighted by Crippen LogP contribution is -2.39. The van der Waals surface area contributed by atoms with Crippen molar-refractivity contribution < 1.29 is 18.8 Å². The number of benzene rings is 1. The van der Waals surface area contributed by atoms with E-state index >= 15 is 0 Å². The van der Waals surface area contributed by atoms with Crippen LogP contribution in [0.25, 0.3) is 0 Å². The summed E-state index contributed by atoms with van der Waals surface area (Å²) in [6.07, 6.45) is 8.19. The lowest BCUT2D eigenvalue weighted by atomic mass is 10.0. The third kappa shape index (κ3) is 9.75. The number of nitrogens with two attached hydrogens (primary N) is 1. The molecule has 7 heteroatoms. The number of carbonyl (C=O) groups excluding carboxylic acids is 1. The lowest BCUT2D eigenvalue weighted by molar-refractivity contribution is -0.118. The van der Waals surface area contributed by atoms with E-state index in [0.717, 1.165) is 30.8 Å². The van der Waals surface area contributed by atoms with Crippen molar-refractivity contribution in [3.05, 3.63) is 29.8 Å². The molecule has 0 fully saturated rings. The summed E-state index contributed by atoms with van der Waals surface area (Å²) in [5.41, 5.74) is 7.53. The molecule has 0 aliphatic rings. The van der Waals surface area contributed by atoms with Gasteiger partial charge in [0.2, 0.25) is 5.91 Å². The zero-order chi connectivity index (χ0) is 18.7. The molecule has 0 saturated heterocycles. The van der Waals surface area contributed by atoms with E-state index in [1.54, 1.807) is 0 Å². The predicted molar refractivity (Wildman–Crippen MR) is 102 cm³/mol. The van der Waals surface area contributed by atoms with Gasteiger partial charge in [0.05, 0.1) is 6.61 Å². The van der Waals surface area contributed by atoms with Crippen molar-refractivity contribution >= 4 is 19.2 Å². The maximum absolute atomic E-state index is 12.1. The molecule has 0 aromatic heterocycles. The summed E-state index contributed by atoms with van der Waals surface area (Å²) in [4.78, 5) is 21.2. The van der Waals surface area contributed by atoms with Gasteiger partial charge in [-0.3, -0.25) is 9.36 Å². The summed E-state index contributed by atoms with van der Waals surface area (Å²) in [6, 6.07) is 6.65. The van der Waals surface area contributed by atoms with E-state index in [1.807, 2.05) is 24.3 Å². The number of hydrogen-bond acceptors (Lipinski definition) is 4. The number of hydrogen-bond donors (Lipinski definition) is 3. The van der Waals surface area contributed by atoms with Crippen LogP contribution in [-0.2, 0) is 20.3 Å². The highest BCUT2D eigenvalue weighted by atomic mass is 31.2. The van der Waals surface area contributed by atoms with Gasteiger partial charge in [-0.05, 0) is 24.5 Å². The molecule has 0 aliphatic carbocycles. The second kappa shape index (κ2) is 11.4. The standard InChI is InChI=1S/C18H31N2O4P/c1-3-4-5-6-7-8-11-15-12-9-10-13-17(15)20-18(21)16(19)14-24-25(2,22)23/h9-10,12-13,16H,3-8,11,14,19H2,1-2H3,(H,20,21)(H,22,23)/t16-/m1/s1. The Bertz CT molecular complexity index is 574. The number of para-hydroxylation sites is 1. The van der Waals surface area contributed by atoms with Crippen LogP contribution in [0, 0.1) is 0 Å². The Labute approximate surface area is 150 Å². The molecule has 4 N–H and O–H groups in total. The van der Waals surface area contributed by atoms with Gasteiger partial charge in [-0.2, -0.15) is 0 Å². The molecule has 0 spiro atoms. The number of amides is 1. The summed E-state index contributed by atoms with van der Waals surface area (Å²) < 4.78 is 15.8. The molecule has 2 atom stereocenters. The van der Waals surface area contributed by atoms with E-state index in [4.69, 9.17) is 15.2 Å². The van der Waals surface area contributed by atoms with Crippen LogP contribution in [0.1, 0.15) is 51.0 Å². The first-order valence-corrected chi connectivity index (χ1v) is 10.9. The second-order valence-corrected chi connectivity index (χ2v) is 8.23. The van der Waals surface area contributed by atoms with Gasteiger partial charge in [0, 0.05) is 12.4 Å². The summed E-state index contributed by atoms with van der Waals surface area (Å²) in [6.45, 7) is 2.97. The molecule has 0 bridgehead atoms. The minimum Gasteiger partial charge on any atom is -0.324 e. The van der Waals surface area contributed by atoms with Crippen LogP contribution >= 0.6 is 7.60 Å². The summed E-state index contributed by atoms with van der Waals surface area (Å²) in [5, 5.41) is 2.79. The average molecular weight is 370 g/mol. The highest BCUT2D eigenvalue weighted by Crippen LogP contribution is 2.36. The molecule has 25 heavy (non-hydrogen) atoms. The maximum Gasteiger partial charge on any atom is 0.325 e. The molecule has 142 valence electrons. The number of anilines is 1. The first-order valence-electron chi connectivity index (χ1n) is 8.92. The Kier molecular flexibility index (Phi) is 9.98. The minimum atomic E-state index is -3.64. The fourth-order valence-corrected chi connectivity index (χ4v) is 2.91. The smallest absolute Gasteiger partial charge is 0.324 e. The van der Waals surface area contributed by atoms with Crippen molar-refractivity contribution in [2.75, 3.05) is 18.6 Å². The lowest BCUT2D eigenvalue weighted by Gasteiger charge is -2.16. The highest BCUT2D eigenvalue weighted by molar-refractivity contribution is 7.51. The molecule has 6 nitrogen and oxygen atoms in total. The van der Waals surface area contributed by atoms with Gasteiger partial charge in [0.15, 0.2) is 0 Å². The van der Waals surface area contributed by atoms with Crippen molar-refractivity contribution in [2.24, 2.45) is 5.73 Å². The van der Waals surface area contributed by atoms with Crippen LogP contribution in [0.2, 0.25) is 0 Å². The zero-order valence-corrected chi connectivity index (χ0v) is 16.1. The highest BCUT2D eigenvalue weighted by Gasteiger charge is 2.19. The largest absolute Gasteiger partial charge is 0.325 e. The van der Waals surface area contributed by atoms with Crippen LogP contribution in [0.3, 0.4) is 0 Å². The van der Waals surface area contributed by atoms with Crippen molar-refractivity contribution in [3.8, 4) is 0 Å². The van der Waals surface area contributed by atoms with Gasteiger partial charge >= 0.3 is 7.60 Å². The number of nitrogens with one attached hydrogen (secondary N) is 1. The van der Waals surface area contributed by atoms with Gasteiger partial charge < -0.3 is 20.5 Å². The Balaban J connectivity index is 2.49. The summed E-state index contributed by atoms with van der Waals surface area (Å²) in [7, 11) is -3.64. The van der Waals surface area contributed by atoms with Crippen molar-refractivity contribution in [1.29, 1.82) is 0 Å². The number of carbonyl (C=O) groups is 1. The Morgan fingerprint density at radius 2 is 1.88 bits per heavy atom. The van der Waals surface area contributed by atoms with Crippen LogP contribution in [-0.4, -0.2) is 30.1 Å².